The highest BCUT2D eigenvalue weighted by Gasteiger charge is 2.16. The second-order valence-corrected chi connectivity index (χ2v) is 7.68. The van der Waals surface area contributed by atoms with Crippen molar-refractivity contribution in [3.05, 3.63) is 30.1 Å². The van der Waals surface area contributed by atoms with E-state index in [4.69, 9.17) is 0 Å². The molecule has 0 saturated heterocycles. The first-order valence-electron chi connectivity index (χ1n) is 7.99. The van der Waals surface area contributed by atoms with Gasteiger partial charge < -0.3 is 5.32 Å². The van der Waals surface area contributed by atoms with E-state index in [9.17, 15) is 17.6 Å². The van der Waals surface area contributed by atoms with Crippen LogP contribution < -0.4 is 10.0 Å². The zero-order valence-electron chi connectivity index (χ0n) is 13.1. The molecule has 1 fully saturated rings. The largest absolute Gasteiger partial charge is 0.356 e. The lowest BCUT2D eigenvalue weighted by atomic mass is 9.89. The Morgan fingerprint density at radius 3 is 2.43 bits per heavy atom. The van der Waals surface area contributed by atoms with E-state index in [0.717, 1.165) is 25.0 Å². The summed E-state index contributed by atoms with van der Waals surface area (Å²) in [6.07, 6.45) is 6.10. The minimum Gasteiger partial charge on any atom is -0.356 e. The maximum Gasteiger partial charge on any atom is 0.240 e. The Kier molecular flexibility index (Phi) is 6.53. The van der Waals surface area contributed by atoms with Crippen LogP contribution in [0.1, 0.15) is 38.5 Å². The van der Waals surface area contributed by atoms with E-state index in [1.54, 1.807) is 0 Å². The van der Waals surface area contributed by atoms with Crippen LogP contribution in [0.2, 0.25) is 0 Å². The molecule has 0 heterocycles. The molecule has 1 aliphatic rings. The van der Waals surface area contributed by atoms with Crippen molar-refractivity contribution in [1.29, 1.82) is 0 Å². The highest BCUT2D eigenvalue weighted by molar-refractivity contribution is 7.89. The monoisotopic (exact) mass is 342 g/mol. The maximum atomic E-state index is 12.8. The lowest BCUT2D eigenvalue weighted by molar-refractivity contribution is -0.121. The highest BCUT2D eigenvalue weighted by Crippen LogP contribution is 2.22. The molecule has 128 valence electrons. The van der Waals surface area contributed by atoms with Crippen molar-refractivity contribution >= 4 is 15.9 Å². The normalized spacial score (nSPS) is 16.2. The molecule has 2 rings (SSSR count). The lowest BCUT2D eigenvalue weighted by Crippen LogP contribution is -2.33. The molecule has 0 unspecified atom stereocenters. The summed E-state index contributed by atoms with van der Waals surface area (Å²) in [6.45, 7) is 0.694. The van der Waals surface area contributed by atoms with Crippen molar-refractivity contribution in [1.82, 2.24) is 10.0 Å². The van der Waals surface area contributed by atoms with Gasteiger partial charge in [0, 0.05) is 19.5 Å². The average molecular weight is 342 g/mol. The molecule has 5 nitrogen and oxygen atoms in total. The van der Waals surface area contributed by atoms with E-state index in [1.165, 1.54) is 31.4 Å². The average Bonchev–Trinajstić information content (AvgIpc) is 2.54. The van der Waals surface area contributed by atoms with E-state index in [0.29, 0.717) is 12.5 Å². The molecule has 2 N–H and O–H groups in total. The van der Waals surface area contributed by atoms with E-state index in [-0.39, 0.29) is 23.8 Å². The molecule has 0 spiro atoms. The van der Waals surface area contributed by atoms with Crippen molar-refractivity contribution in [3.63, 3.8) is 0 Å². The van der Waals surface area contributed by atoms with Gasteiger partial charge in [-0.25, -0.2) is 17.5 Å². The Morgan fingerprint density at radius 1 is 1.13 bits per heavy atom. The zero-order valence-corrected chi connectivity index (χ0v) is 13.9. The molecule has 0 radical (unpaired) electrons. The number of sulfonamides is 1. The third-order valence-corrected chi connectivity index (χ3v) is 5.56. The third-order valence-electron chi connectivity index (χ3n) is 4.08. The molecule has 0 bridgehead atoms. The van der Waals surface area contributed by atoms with E-state index < -0.39 is 15.8 Å². The van der Waals surface area contributed by atoms with Crippen LogP contribution in [0, 0.1) is 11.7 Å². The van der Waals surface area contributed by atoms with E-state index >= 15 is 0 Å². The smallest absolute Gasteiger partial charge is 0.240 e. The summed E-state index contributed by atoms with van der Waals surface area (Å²) in [5.41, 5.74) is 0. The van der Waals surface area contributed by atoms with Crippen molar-refractivity contribution in [2.24, 2.45) is 5.92 Å². The van der Waals surface area contributed by atoms with Crippen LogP contribution in [0.15, 0.2) is 29.2 Å². The number of rotatable bonds is 7. The molecule has 1 aromatic carbocycles. The number of carbonyl (C=O) groups is 1. The minimum atomic E-state index is -3.70. The fourth-order valence-corrected chi connectivity index (χ4v) is 3.77. The molecule has 1 saturated carbocycles. The van der Waals surface area contributed by atoms with Gasteiger partial charge >= 0.3 is 0 Å². The fraction of sp³-hybridized carbons (Fsp3) is 0.562. The minimum absolute atomic E-state index is 0.0125. The van der Waals surface area contributed by atoms with Gasteiger partial charge in [0.25, 0.3) is 0 Å². The van der Waals surface area contributed by atoms with Crippen molar-refractivity contribution < 1.29 is 17.6 Å². The molecule has 0 aliphatic heterocycles. The van der Waals surface area contributed by atoms with Gasteiger partial charge in [0.2, 0.25) is 15.9 Å². The number of carbonyl (C=O) groups excluding carboxylic acids is 1. The van der Waals surface area contributed by atoms with Crippen LogP contribution >= 0.6 is 0 Å². The summed E-state index contributed by atoms with van der Waals surface area (Å²) in [5.74, 6) is -0.105. The number of hydrogen-bond donors (Lipinski definition) is 2. The first kappa shape index (κ1) is 17.9. The standard InChI is InChI=1S/C16H23FN2O3S/c17-14-6-8-15(9-7-14)23(21,22)19-11-10-16(20)18-12-13-4-2-1-3-5-13/h6-9,13,19H,1-5,10-12H2,(H,18,20). The highest BCUT2D eigenvalue weighted by atomic mass is 32.2. The van der Waals surface area contributed by atoms with Crippen molar-refractivity contribution in [2.45, 2.75) is 43.4 Å². The van der Waals surface area contributed by atoms with Crippen LogP contribution in [0.5, 0.6) is 0 Å². The Hall–Kier alpha value is -1.47. The molecule has 7 heteroatoms. The fourth-order valence-electron chi connectivity index (χ4n) is 2.73. The number of halogens is 1. The Labute approximate surface area is 136 Å². The molecular weight excluding hydrogens is 319 g/mol. The summed E-state index contributed by atoms with van der Waals surface area (Å²) in [4.78, 5) is 11.7. The number of hydrogen-bond acceptors (Lipinski definition) is 3. The van der Waals surface area contributed by atoms with Crippen LogP contribution in [0.3, 0.4) is 0 Å². The molecule has 0 aromatic heterocycles. The van der Waals surface area contributed by atoms with Gasteiger partial charge in [-0.3, -0.25) is 4.79 Å². The second kappa shape index (κ2) is 8.40. The van der Waals surface area contributed by atoms with Crippen LogP contribution in [0.25, 0.3) is 0 Å². The van der Waals surface area contributed by atoms with Gasteiger partial charge in [0.15, 0.2) is 0 Å². The molecule has 1 amide bonds. The maximum absolute atomic E-state index is 12.8. The summed E-state index contributed by atoms with van der Waals surface area (Å²) in [7, 11) is -3.70. The first-order valence-corrected chi connectivity index (χ1v) is 9.47. The Morgan fingerprint density at radius 2 is 1.78 bits per heavy atom. The number of amides is 1. The first-order chi connectivity index (χ1) is 11.0. The van der Waals surface area contributed by atoms with Gasteiger partial charge in [0.1, 0.15) is 5.82 Å². The van der Waals surface area contributed by atoms with Crippen molar-refractivity contribution in [2.75, 3.05) is 13.1 Å². The SMILES string of the molecule is O=C(CCNS(=O)(=O)c1ccc(F)cc1)NCC1CCCCC1. The van der Waals surface area contributed by atoms with E-state index in [2.05, 4.69) is 10.0 Å². The summed E-state index contributed by atoms with van der Waals surface area (Å²) in [6, 6.07) is 4.57. The second-order valence-electron chi connectivity index (χ2n) is 5.91. The van der Waals surface area contributed by atoms with Crippen LogP contribution in [-0.2, 0) is 14.8 Å². The van der Waals surface area contributed by atoms with Gasteiger partial charge in [0.05, 0.1) is 4.90 Å². The van der Waals surface area contributed by atoms with Gasteiger partial charge in [-0.2, -0.15) is 0 Å². The van der Waals surface area contributed by atoms with Crippen molar-refractivity contribution in [3.8, 4) is 0 Å². The zero-order chi connectivity index (χ0) is 16.7. The topological polar surface area (TPSA) is 75.3 Å². The summed E-state index contributed by atoms with van der Waals surface area (Å²) < 4.78 is 39.1. The lowest BCUT2D eigenvalue weighted by Gasteiger charge is -2.21. The summed E-state index contributed by atoms with van der Waals surface area (Å²) in [5, 5.41) is 2.86. The number of benzene rings is 1. The Balaban J connectivity index is 1.70. The van der Waals surface area contributed by atoms with Crippen LogP contribution in [0.4, 0.5) is 4.39 Å². The van der Waals surface area contributed by atoms with Crippen LogP contribution in [-0.4, -0.2) is 27.4 Å². The predicted molar refractivity (Wildman–Crippen MR) is 85.8 cm³/mol. The third kappa shape index (κ3) is 5.91. The Bertz CT molecular complexity index is 611. The molecule has 0 atom stereocenters. The van der Waals surface area contributed by atoms with E-state index in [1.807, 2.05) is 0 Å². The van der Waals surface area contributed by atoms with Gasteiger partial charge in [-0.15, -0.1) is 0 Å². The van der Waals surface area contributed by atoms with Gasteiger partial charge in [-0.1, -0.05) is 19.3 Å². The molecule has 1 aromatic rings. The molecule has 23 heavy (non-hydrogen) atoms. The quantitative estimate of drug-likeness (QED) is 0.797. The predicted octanol–water partition coefficient (Wildman–Crippen LogP) is 2.19. The molecular formula is C16H23FN2O3S. The summed E-state index contributed by atoms with van der Waals surface area (Å²) >= 11 is 0. The van der Waals surface area contributed by atoms with Gasteiger partial charge in [-0.05, 0) is 43.0 Å². The number of nitrogens with one attached hydrogen (secondary N) is 2. The molecule has 1 aliphatic carbocycles.